The highest BCUT2D eigenvalue weighted by Crippen LogP contribution is 2.23. The molecule has 1 aromatic heterocycles. The summed E-state index contributed by atoms with van der Waals surface area (Å²) < 4.78 is 2.02. The van der Waals surface area contributed by atoms with Gasteiger partial charge in [-0.3, -0.25) is 4.68 Å². The van der Waals surface area contributed by atoms with Gasteiger partial charge in [0.15, 0.2) is 0 Å². The van der Waals surface area contributed by atoms with Gasteiger partial charge in [-0.15, -0.1) is 0 Å². The van der Waals surface area contributed by atoms with E-state index in [1.165, 1.54) is 11.1 Å². The summed E-state index contributed by atoms with van der Waals surface area (Å²) in [7, 11) is 0. The third-order valence-corrected chi connectivity index (χ3v) is 4.21. The highest BCUT2D eigenvalue weighted by molar-refractivity contribution is 9.09. The molecule has 0 bridgehead atoms. The Balaban J connectivity index is 2.17. The zero-order chi connectivity index (χ0) is 12.3. The molecule has 0 unspecified atom stereocenters. The average molecular weight is 293 g/mol. The lowest BCUT2D eigenvalue weighted by atomic mass is 9.97. The van der Waals surface area contributed by atoms with Gasteiger partial charge in [0.1, 0.15) is 0 Å². The van der Waals surface area contributed by atoms with Crippen LogP contribution >= 0.6 is 15.9 Å². The Kier molecular flexibility index (Phi) is 3.67. The van der Waals surface area contributed by atoms with E-state index in [4.69, 9.17) is 0 Å². The van der Waals surface area contributed by atoms with E-state index in [1.54, 1.807) is 0 Å². The molecule has 3 heteroatoms. The van der Waals surface area contributed by atoms with Crippen molar-refractivity contribution in [2.45, 2.75) is 20.4 Å². The third kappa shape index (κ3) is 3.19. The van der Waals surface area contributed by atoms with Crippen LogP contribution in [0.1, 0.15) is 13.8 Å². The number of benzene rings is 1. The minimum absolute atomic E-state index is 0.222. The molecule has 1 aromatic carbocycles. The standard InChI is InChI=1S/C14H17BrN2/c1-14(2,10-15)11-17-9-13(8-16-17)12-6-4-3-5-7-12/h3-9H,10-11H2,1-2H3. The van der Waals surface area contributed by atoms with E-state index in [-0.39, 0.29) is 5.41 Å². The lowest BCUT2D eigenvalue weighted by Gasteiger charge is -2.21. The molecule has 2 aromatic rings. The fourth-order valence-electron chi connectivity index (χ4n) is 1.71. The summed E-state index contributed by atoms with van der Waals surface area (Å²) >= 11 is 3.54. The first kappa shape index (κ1) is 12.4. The van der Waals surface area contributed by atoms with Gasteiger partial charge in [0.05, 0.1) is 6.20 Å². The monoisotopic (exact) mass is 292 g/mol. The summed E-state index contributed by atoms with van der Waals surface area (Å²) in [6.07, 6.45) is 4.04. The molecule has 0 fully saturated rings. The maximum absolute atomic E-state index is 4.42. The minimum atomic E-state index is 0.222. The van der Waals surface area contributed by atoms with Crippen LogP contribution in [0, 0.1) is 5.41 Å². The van der Waals surface area contributed by atoms with Gasteiger partial charge in [-0.05, 0) is 11.0 Å². The van der Waals surface area contributed by atoms with Crippen LogP contribution in [0.25, 0.3) is 11.1 Å². The van der Waals surface area contributed by atoms with E-state index in [9.17, 15) is 0 Å². The lowest BCUT2D eigenvalue weighted by Crippen LogP contribution is -2.21. The van der Waals surface area contributed by atoms with E-state index >= 15 is 0 Å². The summed E-state index contributed by atoms with van der Waals surface area (Å²) in [6.45, 7) is 5.38. The third-order valence-electron chi connectivity index (χ3n) is 2.69. The Hall–Kier alpha value is -1.09. The average Bonchev–Trinajstić information content (AvgIpc) is 2.78. The van der Waals surface area contributed by atoms with Crippen LogP contribution in [0.3, 0.4) is 0 Å². The molecule has 0 aliphatic heterocycles. The molecule has 0 N–H and O–H groups in total. The van der Waals surface area contributed by atoms with Crippen LogP contribution in [-0.2, 0) is 6.54 Å². The largest absolute Gasteiger partial charge is 0.272 e. The van der Waals surface area contributed by atoms with Crippen LogP contribution in [-0.4, -0.2) is 15.1 Å². The van der Waals surface area contributed by atoms with Crippen molar-refractivity contribution in [3.05, 3.63) is 42.7 Å². The highest BCUT2D eigenvalue weighted by atomic mass is 79.9. The van der Waals surface area contributed by atoms with Crippen molar-refractivity contribution < 1.29 is 0 Å². The second-order valence-corrected chi connectivity index (χ2v) is 5.65. The Morgan fingerprint density at radius 2 is 1.88 bits per heavy atom. The van der Waals surface area contributed by atoms with Gasteiger partial charge in [-0.1, -0.05) is 60.1 Å². The van der Waals surface area contributed by atoms with E-state index < -0.39 is 0 Å². The number of halogens is 1. The molecule has 2 rings (SSSR count). The number of rotatable bonds is 4. The first-order valence-corrected chi connectivity index (χ1v) is 6.87. The zero-order valence-corrected chi connectivity index (χ0v) is 11.8. The van der Waals surface area contributed by atoms with Gasteiger partial charge >= 0.3 is 0 Å². The molecule has 2 nitrogen and oxygen atoms in total. The molecular weight excluding hydrogens is 276 g/mol. The first-order valence-electron chi connectivity index (χ1n) is 5.75. The second kappa shape index (κ2) is 5.05. The molecule has 1 heterocycles. The quantitative estimate of drug-likeness (QED) is 0.780. The van der Waals surface area contributed by atoms with Crippen LogP contribution in [0.4, 0.5) is 0 Å². The predicted octanol–water partition coefficient (Wildman–Crippen LogP) is 3.97. The van der Waals surface area contributed by atoms with E-state index in [0.29, 0.717) is 0 Å². The van der Waals surface area contributed by atoms with E-state index in [1.807, 2.05) is 16.9 Å². The zero-order valence-electron chi connectivity index (χ0n) is 10.2. The predicted molar refractivity (Wildman–Crippen MR) is 75.2 cm³/mol. The Morgan fingerprint density at radius 3 is 2.53 bits per heavy atom. The fourth-order valence-corrected chi connectivity index (χ4v) is 1.89. The molecule has 17 heavy (non-hydrogen) atoms. The van der Waals surface area contributed by atoms with Crippen molar-refractivity contribution in [2.75, 3.05) is 5.33 Å². The van der Waals surface area contributed by atoms with E-state index in [0.717, 1.165) is 11.9 Å². The molecule has 0 saturated carbocycles. The summed E-state index contributed by atoms with van der Waals surface area (Å²) in [5.41, 5.74) is 2.62. The van der Waals surface area contributed by atoms with Crippen LogP contribution in [0.15, 0.2) is 42.7 Å². The molecule has 0 amide bonds. The SMILES string of the molecule is CC(C)(CBr)Cn1cc(-c2ccccc2)cn1. The summed E-state index contributed by atoms with van der Waals surface area (Å²) in [5.74, 6) is 0. The Morgan fingerprint density at radius 1 is 1.18 bits per heavy atom. The molecule has 0 atom stereocenters. The Labute approximate surface area is 111 Å². The maximum Gasteiger partial charge on any atom is 0.0568 e. The van der Waals surface area contributed by atoms with Gasteiger partial charge < -0.3 is 0 Å². The van der Waals surface area contributed by atoms with Gasteiger partial charge in [0.25, 0.3) is 0 Å². The van der Waals surface area contributed by atoms with E-state index in [2.05, 4.69) is 65.3 Å². The van der Waals surface area contributed by atoms with Crippen molar-refractivity contribution in [3.63, 3.8) is 0 Å². The smallest absolute Gasteiger partial charge is 0.0568 e. The van der Waals surface area contributed by atoms with Gasteiger partial charge in [0.2, 0.25) is 0 Å². The van der Waals surface area contributed by atoms with Gasteiger partial charge in [0, 0.05) is 23.6 Å². The summed E-state index contributed by atoms with van der Waals surface area (Å²) in [6, 6.07) is 10.3. The topological polar surface area (TPSA) is 17.8 Å². The van der Waals surface area contributed by atoms with Crippen LogP contribution in [0.5, 0.6) is 0 Å². The normalized spacial score (nSPS) is 11.7. The molecule has 0 saturated heterocycles. The summed E-state index contributed by atoms with van der Waals surface area (Å²) in [4.78, 5) is 0. The number of aromatic nitrogens is 2. The Bertz CT molecular complexity index is 474. The molecule has 90 valence electrons. The molecule has 0 aliphatic carbocycles. The number of alkyl halides is 1. The number of hydrogen-bond donors (Lipinski definition) is 0. The van der Waals surface area contributed by atoms with Crippen molar-refractivity contribution in [1.82, 2.24) is 9.78 Å². The number of nitrogens with zero attached hydrogens (tertiary/aromatic N) is 2. The fraction of sp³-hybridized carbons (Fsp3) is 0.357. The van der Waals surface area contributed by atoms with Crippen molar-refractivity contribution in [1.29, 1.82) is 0 Å². The molecule has 0 radical (unpaired) electrons. The minimum Gasteiger partial charge on any atom is -0.272 e. The highest BCUT2D eigenvalue weighted by Gasteiger charge is 2.17. The van der Waals surface area contributed by atoms with Gasteiger partial charge in [-0.25, -0.2) is 0 Å². The lowest BCUT2D eigenvalue weighted by molar-refractivity contribution is 0.335. The summed E-state index contributed by atoms with van der Waals surface area (Å²) in [5, 5.41) is 5.39. The molecule has 0 aliphatic rings. The molecule has 0 spiro atoms. The number of hydrogen-bond acceptors (Lipinski definition) is 1. The van der Waals surface area contributed by atoms with Gasteiger partial charge in [-0.2, -0.15) is 5.10 Å². The van der Waals surface area contributed by atoms with Crippen molar-refractivity contribution in [2.24, 2.45) is 5.41 Å². The molecular formula is C14H17BrN2. The van der Waals surface area contributed by atoms with Crippen molar-refractivity contribution in [3.8, 4) is 11.1 Å². The first-order chi connectivity index (χ1) is 8.11. The van der Waals surface area contributed by atoms with Crippen molar-refractivity contribution >= 4 is 15.9 Å². The maximum atomic E-state index is 4.42. The van der Waals surface area contributed by atoms with Crippen LogP contribution < -0.4 is 0 Å². The second-order valence-electron chi connectivity index (χ2n) is 5.09. The van der Waals surface area contributed by atoms with Crippen LogP contribution in [0.2, 0.25) is 0 Å².